The fourth-order valence-electron chi connectivity index (χ4n) is 3.01. The van der Waals surface area contributed by atoms with E-state index in [1.54, 1.807) is 0 Å². The molecule has 2 aromatic carbocycles. The van der Waals surface area contributed by atoms with Crippen LogP contribution < -0.4 is 5.32 Å². The SMILES string of the molecule is C=C1c2ccccc2CC[C@@]1(F)CNC(=O)c1ccc([N+](=O)[O-])cc1. The summed E-state index contributed by atoms with van der Waals surface area (Å²) in [6, 6.07) is 12.7. The van der Waals surface area contributed by atoms with Gasteiger partial charge < -0.3 is 5.32 Å². The predicted molar refractivity (Wildman–Crippen MR) is 93.1 cm³/mol. The van der Waals surface area contributed by atoms with Crippen LogP contribution in [0.15, 0.2) is 55.1 Å². The number of halogens is 1. The maximum Gasteiger partial charge on any atom is 0.269 e. The Morgan fingerprint density at radius 1 is 1.24 bits per heavy atom. The van der Waals surface area contributed by atoms with Gasteiger partial charge in [0, 0.05) is 17.7 Å². The maximum atomic E-state index is 15.3. The zero-order valence-electron chi connectivity index (χ0n) is 13.5. The van der Waals surface area contributed by atoms with Crippen LogP contribution in [0.5, 0.6) is 0 Å². The van der Waals surface area contributed by atoms with Gasteiger partial charge in [-0.2, -0.15) is 0 Å². The van der Waals surface area contributed by atoms with E-state index in [1.807, 2.05) is 24.3 Å². The quantitative estimate of drug-likeness (QED) is 0.681. The molecule has 0 bridgehead atoms. The summed E-state index contributed by atoms with van der Waals surface area (Å²) in [5.41, 5.74) is 0.665. The molecule has 1 amide bonds. The summed E-state index contributed by atoms with van der Waals surface area (Å²) in [5.74, 6) is -0.474. The van der Waals surface area contributed by atoms with Gasteiger partial charge >= 0.3 is 0 Å². The number of rotatable bonds is 4. The van der Waals surface area contributed by atoms with Crippen molar-refractivity contribution in [3.8, 4) is 0 Å². The van der Waals surface area contributed by atoms with Crippen molar-refractivity contribution in [2.75, 3.05) is 6.54 Å². The minimum atomic E-state index is -1.70. The number of nitrogens with one attached hydrogen (secondary N) is 1. The minimum Gasteiger partial charge on any atom is -0.348 e. The minimum absolute atomic E-state index is 0.101. The molecule has 0 aliphatic heterocycles. The molecule has 0 heterocycles. The van der Waals surface area contributed by atoms with E-state index in [-0.39, 0.29) is 24.2 Å². The molecule has 6 heteroatoms. The standard InChI is InChI=1S/C19H17FN2O3/c1-13-17-5-3-2-4-14(17)10-11-19(13,20)12-21-18(23)15-6-8-16(9-7-15)22(24)25/h2-9H,1,10-12H2,(H,21,23)/t19-/m1/s1. The van der Waals surface area contributed by atoms with Gasteiger partial charge in [0.2, 0.25) is 0 Å². The highest BCUT2D eigenvalue weighted by atomic mass is 19.1. The molecule has 0 spiro atoms. The lowest BCUT2D eigenvalue weighted by Crippen LogP contribution is -2.42. The lowest BCUT2D eigenvalue weighted by Gasteiger charge is -2.33. The molecule has 0 fully saturated rings. The van der Waals surface area contributed by atoms with E-state index in [0.29, 0.717) is 12.0 Å². The summed E-state index contributed by atoms with van der Waals surface area (Å²) in [6.07, 6.45) is 0.836. The molecular weight excluding hydrogens is 323 g/mol. The van der Waals surface area contributed by atoms with Crippen molar-refractivity contribution in [1.82, 2.24) is 5.32 Å². The molecule has 1 aliphatic carbocycles. The van der Waals surface area contributed by atoms with Gasteiger partial charge in [-0.3, -0.25) is 14.9 Å². The fraction of sp³-hybridized carbons (Fsp3) is 0.211. The molecule has 0 radical (unpaired) electrons. The van der Waals surface area contributed by atoms with Crippen LogP contribution in [0.3, 0.4) is 0 Å². The summed E-state index contributed by atoms with van der Waals surface area (Å²) in [6.45, 7) is 3.70. The first kappa shape index (κ1) is 16.8. The average Bonchev–Trinajstić information content (AvgIpc) is 2.63. The van der Waals surface area contributed by atoms with Gasteiger partial charge in [0.25, 0.3) is 11.6 Å². The molecule has 5 nitrogen and oxygen atoms in total. The lowest BCUT2D eigenvalue weighted by atomic mass is 9.78. The number of hydrogen-bond donors (Lipinski definition) is 1. The average molecular weight is 340 g/mol. The van der Waals surface area contributed by atoms with Gasteiger partial charge in [0.05, 0.1) is 11.5 Å². The predicted octanol–water partition coefficient (Wildman–Crippen LogP) is 3.69. The van der Waals surface area contributed by atoms with Gasteiger partial charge in [-0.25, -0.2) is 4.39 Å². The van der Waals surface area contributed by atoms with E-state index in [9.17, 15) is 14.9 Å². The Bertz CT molecular complexity index is 848. The van der Waals surface area contributed by atoms with Crippen molar-refractivity contribution in [3.05, 3.63) is 81.9 Å². The highest BCUT2D eigenvalue weighted by Crippen LogP contribution is 2.39. The van der Waals surface area contributed by atoms with Crippen molar-refractivity contribution >= 4 is 17.2 Å². The second-order valence-electron chi connectivity index (χ2n) is 6.09. The third kappa shape index (κ3) is 3.28. The Kier molecular flexibility index (Phi) is 4.35. The molecule has 2 aromatic rings. The Hall–Kier alpha value is -3.02. The molecule has 25 heavy (non-hydrogen) atoms. The molecule has 0 unspecified atom stereocenters. The van der Waals surface area contributed by atoms with Crippen molar-refractivity contribution in [2.45, 2.75) is 18.5 Å². The van der Waals surface area contributed by atoms with Gasteiger partial charge in [-0.15, -0.1) is 0 Å². The smallest absolute Gasteiger partial charge is 0.269 e. The number of nitro groups is 1. The number of amides is 1. The van der Waals surface area contributed by atoms with E-state index in [2.05, 4.69) is 11.9 Å². The fourth-order valence-corrected chi connectivity index (χ4v) is 3.01. The summed E-state index contributed by atoms with van der Waals surface area (Å²) < 4.78 is 15.3. The number of fused-ring (bicyclic) bond motifs is 1. The number of carbonyl (C=O) groups excluding carboxylic acids is 1. The number of alkyl halides is 1. The summed E-state index contributed by atoms with van der Waals surface area (Å²) in [5, 5.41) is 13.2. The van der Waals surface area contributed by atoms with Crippen molar-refractivity contribution in [3.63, 3.8) is 0 Å². The summed E-state index contributed by atoms with van der Waals surface area (Å²) in [4.78, 5) is 22.3. The first-order chi connectivity index (χ1) is 11.9. The van der Waals surface area contributed by atoms with Gasteiger partial charge in [0.15, 0.2) is 5.67 Å². The number of nitro benzene ring substituents is 1. The Morgan fingerprint density at radius 3 is 2.60 bits per heavy atom. The number of benzene rings is 2. The summed E-state index contributed by atoms with van der Waals surface area (Å²) >= 11 is 0. The van der Waals surface area contributed by atoms with Crippen molar-refractivity contribution in [1.29, 1.82) is 0 Å². The molecule has 1 N–H and O–H groups in total. The molecule has 0 aromatic heterocycles. The van der Waals surface area contributed by atoms with Crippen LogP contribution in [0.2, 0.25) is 0 Å². The number of aryl methyl sites for hydroxylation is 1. The molecule has 128 valence electrons. The Balaban J connectivity index is 1.69. The third-order valence-electron chi connectivity index (χ3n) is 4.54. The van der Waals surface area contributed by atoms with Gasteiger partial charge in [-0.05, 0) is 41.7 Å². The van der Waals surface area contributed by atoms with Crippen LogP contribution in [0.4, 0.5) is 10.1 Å². The normalized spacial score (nSPS) is 19.2. The molecule has 0 saturated heterocycles. The molecule has 1 aliphatic rings. The molecule has 0 saturated carbocycles. The number of hydrogen-bond acceptors (Lipinski definition) is 3. The third-order valence-corrected chi connectivity index (χ3v) is 4.54. The van der Waals surface area contributed by atoms with E-state index < -0.39 is 16.5 Å². The number of carbonyl (C=O) groups is 1. The first-order valence-corrected chi connectivity index (χ1v) is 7.90. The number of non-ortho nitro benzene ring substituents is 1. The Morgan fingerprint density at radius 2 is 1.92 bits per heavy atom. The molecular formula is C19H17FN2O3. The van der Waals surface area contributed by atoms with E-state index in [0.717, 1.165) is 11.1 Å². The first-order valence-electron chi connectivity index (χ1n) is 7.90. The number of nitrogens with zero attached hydrogens (tertiary/aromatic N) is 1. The zero-order valence-corrected chi connectivity index (χ0v) is 13.5. The maximum absolute atomic E-state index is 15.3. The zero-order chi connectivity index (χ0) is 18.0. The van der Waals surface area contributed by atoms with Crippen LogP contribution in [-0.4, -0.2) is 23.0 Å². The van der Waals surface area contributed by atoms with Crippen LogP contribution in [0.1, 0.15) is 27.9 Å². The second kappa shape index (κ2) is 6.47. The van der Waals surface area contributed by atoms with Crippen LogP contribution in [-0.2, 0) is 6.42 Å². The van der Waals surface area contributed by atoms with Crippen LogP contribution in [0, 0.1) is 10.1 Å². The molecule has 3 rings (SSSR count). The summed E-state index contributed by atoms with van der Waals surface area (Å²) in [7, 11) is 0. The van der Waals surface area contributed by atoms with E-state index >= 15 is 4.39 Å². The molecule has 1 atom stereocenters. The Labute approximate surface area is 144 Å². The van der Waals surface area contributed by atoms with Gasteiger partial charge in [-0.1, -0.05) is 30.8 Å². The monoisotopic (exact) mass is 340 g/mol. The topological polar surface area (TPSA) is 72.2 Å². The second-order valence-corrected chi connectivity index (χ2v) is 6.09. The van der Waals surface area contributed by atoms with Crippen LogP contribution in [0.25, 0.3) is 5.57 Å². The van der Waals surface area contributed by atoms with Crippen LogP contribution >= 0.6 is 0 Å². The van der Waals surface area contributed by atoms with E-state index in [4.69, 9.17) is 0 Å². The van der Waals surface area contributed by atoms with Gasteiger partial charge in [0.1, 0.15) is 0 Å². The lowest BCUT2D eigenvalue weighted by molar-refractivity contribution is -0.384. The highest BCUT2D eigenvalue weighted by molar-refractivity contribution is 5.94. The van der Waals surface area contributed by atoms with Crippen molar-refractivity contribution in [2.24, 2.45) is 0 Å². The highest BCUT2D eigenvalue weighted by Gasteiger charge is 2.38. The largest absolute Gasteiger partial charge is 0.348 e. The van der Waals surface area contributed by atoms with E-state index in [1.165, 1.54) is 24.3 Å². The van der Waals surface area contributed by atoms with Crippen molar-refractivity contribution < 1.29 is 14.1 Å².